The third kappa shape index (κ3) is 5.16. The maximum atomic E-state index is 5.25. The number of methoxy groups -OCH3 is 2. The lowest BCUT2D eigenvalue weighted by atomic mass is 9.94. The van der Waals surface area contributed by atoms with Gasteiger partial charge < -0.3 is 9.47 Å². The molecular weight excluding hydrogens is 392 g/mol. The van der Waals surface area contributed by atoms with Crippen molar-refractivity contribution >= 4 is 24.3 Å². The van der Waals surface area contributed by atoms with E-state index in [0.717, 1.165) is 22.6 Å². The minimum Gasteiger partial charge on any atom is -0.497 e. The zero-order valence-corrected chi connectivity index (χ0v) is 18.4. The van der Waals surface area contributed by atoms with Gasteiger partial charge in [0.15, 0.2) is 0 Å². The summed E-state index contributed by atoms with van der Waals surface area (Å²) in [6, 6.07) is 33.1. The van der Waals surface area contributed by atoms with Crippen LogP contribution < -0.4 is 9.47 Å². The molecule has 0 amide bonds. The molecule has 0 bridgehead atoms. The second kappa shape index (κ2) is 10.3. The maximum Gasteiger partial charge on any atom is 0.118 e. The van der Waals surface area contributed by atoms with Gasteiger partial charge in [-0.2, -0.15) is 0 Å². The molecule has 0 N–H and O–H groups in total. The van der Waals surface area contributed by atoms with Crippen LogP contribution in [0.5, 0.6) is 11.5 Å². The van der Waals surface area contributed by atoms with E-state index in [1.165, 1.54) is 22.3 Å². The molecule has 0 unspecified atom stereocenters. The lowest BCUT2D eigenvalue weighted by Crippen LogP contribution is -1.87. The first-order valence-corrected chi connectivity index (χ1v) is 10.6. The Labute approximate surface area is 190 Å². The van der Waals surface area contributed by atoms with Crippen LogP contribution in [0.3, 0.4) is 0 Å². The predicted octanol–water partition coefficient (Wildman–Crippen LogP) is 7.71. The Morgan fingerprint density at radius 1 is 0.438 bits per heavy atom. The van der Waals surface area contributed by atoms with Crippen molar-refractivity contribution in [2.45, 2.75) is 0 Å². The fraction of sp³-hybridized carbons (Fsp3) is 0.0667. The highest BCUT2D eigenvalue weighted by molar-refractivity contribution is 5.87. The largest absolute Gasteiger partial charge is 0.497 e. The van der Waals surface area contributed by atoms with Gasteiger partial charge in [0.25, 0.3) is 0 Å². The van der Waals surface area contributed by atoms with E-state index < -0.39 is 0 Å². The van der Waals surface area contributed by atoms with Crippen molar-refractivity contribution in [3.05, 3.63) is 119 Å². The number of benzene rings is 4. The minimum absolute atomic E-state index is 0.861. The fourth-order valence-electron chi connectivity index (χ4n) is 3.58. The maximum absolute atomic E-state index is 5.25. The zero-order valence-electron chi connectivity index (χ0n) is 18.4. The Kier molecular flexibility index (Phi) is 6.84. The molecule has 4 aromatic carbocycles. The summed E-state index contributed by atoms with van der Waals surface area (Å²) in [5.41, 5.74) is 7.02. The molecule has 158 valence electrons. The first kappa shape index (κ1) is 21.2. The molecule has 2 heteroatoms. The van der Waals surface area contributed by atoms with Gasteiger partial charge in [0.2, 0.25) is 0 Å². The first-order valence-electron chi connectivity index (χ1n) is 10.6. The zero-order chi connectivity index (χ0) is 22.2. The van der Waals surface area contributed by atoms with Crippen LogP contribution in [-0.2, 0) is 0 Å². The van der Waals surface area contributed by atoms with Crippen LogP contribution in [0, 0.1) is 0 Å². The van der Waals surface area contributed by atoms with Crippen LogP contribution in [0.15, 0.2) is 97.1 Å². The van der Waals surface area contributed by atoms with E-state index >= 15 is 0 Å². The summed E-state index contributed by atoms with van der Waals surface area (Å²) in [5.74, 6) is 1.72. The van der Waals surface area contributed by atoms with Crippen LogP contribution in [0.1, 0.15) is 22.3 Å². The predicted molar refractivity (Wildman–Crippen MR) is 136 cm³/mol. The molecule has 0 saturated carbocycles. The molecule has 2 nitrogen and oxygen atoms in total. The van der Waals surface area contributed by atoms with E-state index in [4.69, 9.17) is 9.47 Å². The minimum atomic E-state index is 0.861. The Morgan fingerprint density at radius 3 is 1.19 bits per heavy atom. The molecule has 32 heavy (non-hydrogen) atoms. The van der Waals surface area contributed by atoms with Gasteiger partial charge in [-0.05, 0) is 57.6 Å². The number of ether oxygens (including phenoxy) is 2. The Bertz CT molecular complexity index is 1120. The van der Waals surface area contributed by atoms with Crippen molar-refractivity contribution in [2.75, 3.05) is 14.2 Å². The van der Waals surface area contributed by atoms with Crippen LogP contribution in [0.25, 0.3) is 35.4 Å². The van der Waals surface area contributed by atoms with Gasteiger partial charge in [-0.25, -0.2) is 0 Å². The van der Waals surface area contributed by atoms with Crippen LogP contribution in [-0.4, -0.2) is 14.2 Å². The van der Waals surface area contributed by atoms with Crippen molar-refractivity contribution in [2.24, 2.45) is 0 Å². The summed E-state index contributed by atoms with van der Waals surface area (Å²) in [7, 11) is 3.36. The topological polar surface area (TPSA) is 18.5 Å². The normalized spacial score (nSPS) is 11.2. The highest BCUT2D eigenvalue weighted by Crippen LogP contribution is 2.30. The van der Waals surface area contributed by atoms with E-state index in [0.29, 0.717) is 0 Å². The molecule has 0 atom stereocenters. The monoisotopic (exact) mass is 418 g/mol. The Hall–Kier alpha value is -4.04. The van der Waals surface area contributed by atoms with Crippen molar-refractivity contribution < 1.29 is 9.47 Å². The molecular formula is C30H26O2. The second-order valence-corrected chi connectivity index (χ2v) is 7.39. The molecule has 0 radical (unpaired) electrons. The number of rotatable bonds is 7. The van der Waals surface area contributed by atoms with Gasteiger partial charge in [0, 0.05) is 0 Å². The van der Waals surface area contributed by atoms with Crippen molar-refractivity contribution in [1.82, 2.24) is 0 Å². The van der Waals surface area contributed by atoms with E-state index in [2.05, 4.69) is 97.1 Å². The van der Waals surface area contributed by atoms with E-state index in [1.54, 1.807) is 14.2 Å². The number of hydrogen-bond donors (Lipinski definition) is 0. The molecule has 0 aromatic heterocycles. The highest BCUT2D eigenvalue weighted by atomic mass is 16.5. The smallest absolute Gasteiger partial charge is 0.118 e. The third-order valence-electron chi connectivity index (χ3n) is 5.35. The molecule has 0 saturated heterocycles. The molecule has 0 aliphatic carbocycles. The average Bonchev–Trinajstić information content (AvgIpc) is 2.87. The van der Waals surface area contributed by atoms with Crippen LogP contribution in [0.2, 0.25) is 0 Å². The van der Waals surface area contributed by atoms with Crippen LogP contribution in [0.4, 0.5) is 0 Å². The van der Waals surface area contributed by atoms with Gasteiger partial charge in [0.1, 0.15) is 11.5 Å². The molecule has 0 heterocycles. The lowest BCUT2D eigenvalue weighted by Gasteiger charge is -2.10. The lowest BCUT2D eigenvalue weighted by molar-refractivity contribution is 0.414. The van der Waals surface area contributed by atoms with E-state index in [9.17, 15) is 0 Å². The molecule has 0 fully saturated rings. The van der Waals surface area contributed by atoms with E-state index in [1.807, 2.05) is 24.3 Å². The van der Waals surface area contributed by atoms with Gasteiger partial charge in [0.05, 0.1) is 14.2 Å². The van der Waals surface area contributed by atoms with E-state index in [-0.39, 0.29) is 0 Å². The van der Waals surface area contributed by atoms with Crippen molar-refractivity contribution in [3.63, 3.8) is 0 Å². The Balaban J connectivity index is 1.64. The third-order valence-corrected chi connectivity index (χ3v) is 5.35. The molecule has 0 aliphatic rings. The highest BCUT2D eigenvalue weighted by Gasteiger charge is 2.06. The summed E-state index contributed by atoms with van der Waals surface area (Å²) < 4.78 is 10.5. The van der Waals surface area contributed by atoms with Crippen molar-refractivity contribution in [1.29, 1.82) is 0 Å². The van der Waals surface area contributed by atoms with Gasteiger partial charge in [-0.15, -0.1) is 0 Å². The standard InChI is InChI=1S/C30H26O2/c1-31-27-19-13-23(14-20-27)11-17-25-7-3-5-9-29(25)30-10-6-4-8-26(30)18-12-24-15-21-28(32-2)22-16-24/h3-22H,1-2H3/b17-11-,18-12+. The van der Waals surface area contributed by atoms with Gasteiger partial charge in [-0.1, -0.05) is 97.1 Å². The molecule has 0 aliphatic heterocycles. The van der Waals surface area contributed by atoms with Crippen molar-refractivity contribution in [3.8, 4) is 22.6 Å². The summed E-state index contributed by atoms with van der Waals surface area (Å²) in [6.45, 7) is 0. The molecule has 4 aromatic rings. The molecule has 4 rings (SSSR count). The van der Waals surface area contributed by atoms with Gasteiger partial charge in [-0.3, -0.25) is 0 Å². The van der Waals surface area contributed by atoms with Crippen LogP contribution >= 0.6 is 0 Å². The number of hydrogen-bond acceptors (Lipinski definition) is 2. The summed E-state index contributed by atoms with van der Waals surface area (Å²) in [6.07, 6.45) is 8.60. The Morgan fingerprint density at radius 2 is 0.812 bits per heavy atom. The molecule has 0 spiro atoms. The summed E-state index contributed by atoms with van der Waals surface area (Å²) in [5, 5.41) is 0. The quantitative estimate of drug-likeness (QED) is 0.286. The SMILES string of the molecule is COc1ccc(/C=C\c2ccccc2-c2ccccc2/C=C/c2ccc(OC)cc2)cc1. The summed E-state index contributed by atoms with van der Waals surface area (Å²) in [4.78, 5) is 0. The first-order chi connectivity index (χ1) is 15.8. The fourth-order valence-corrected chi connectivity index (χ4v) is 3.58. The average molecular weight is 419 g/mol. The van der Waals surface area contributed by atoms with Gasteiger partial charge >= 0.3 is 0 Å². The second-order valence-electron chi connectivity index (χ2n) is 7.39. The summed E-state index contributed by atoms with van der Waals surface area (Å²) >= 11 is 0.